The van der Waals surface area contributed by atoms with Crippen LogP contribution in [0.4, 0.5) is 0 Å². The highest BCUT2D eigenvalue weighted by Gasteiger charge is 2.23. The first-order valence-corrected chi connectivity index (χ1v) is 9.47. The molecule has 0 atom stereocenters. The van der Waals surface area contributed by atoms with Gasteiger partial charge in [0.15, 0.2) is 0 Å². The number of hydrogen-bond acceptors (Lipinski definition) is 2. The van der Waals surface area contributed by atoms with Gasteiger partial charge in [-0.05, 0) is 50.3 Å². The zero-order valence-electron chi connectivity index (χ0n) is 15.4. The van der Waals surface area contributed by atoms with Crippen molar-refractivity contribution in [3.05, 3.63) is 77.9 Å². The highest BCUT2D eigenvalue weighted by Crippen LogP contribution is 2.23. The minimum Gasteiger partial charge on any atom is -0.493 e. The van der Waals surface area contributed by atoms with Gasteiger partial charge in [-0.3, -0.25) is 4.79 Å². The third kappa shape index (κ3) is 4.75. The number of piperidine rings is 1. The Morgan fingerprint density at radius 1 is 1.00 bits per heavy atom. The van der Waals surface area contributed by atoms with Crippen LogP contribution in [-0.4, -0.2) is 30.5 Å². The molecule has 0 unspecified atom stereocenters. The number of carbonyl (C=O) groups is 1. The van der Waals surface area contributed by atoms with E-state index in [2.05, 4.69) is 12.1 Å². The summed E-state index contributed by atoms with van der Waals surface area (Å²) in [4.78, 5) is 14.5. The van der Waals surface area contributed by atoms with Gasteiger partial charge in [-0.1, -0.05) is 48.5 Å². The molecule has 1 heterocycles. The second kappa shape index (κ2) is 9.23. The minimum atomic E-state index is 0.153. The number of nitrogens with zero attached hydrogens (tertiary/aromatic N) is 1. The summed E-state index contributed by atoms with van der Waals surface area (Å²) < 4.78 is 6.00. The Balaban J connectivity index is 1.42. The average Bonchev–Trinajstić information content (AvgIpc) is 2.72. The standard InChI is InChI=1S/C23H27NO2/c1-2-22(20-9-5-3-6-10-20)26-18-15-19-13-16-24(17-14-19)23(25)21-11-7-4-8-12-21/h2-12,19H,13-18H2,1H3. The first-order valence-electron chi connectivity index (χ1n) is 9.47. The van der Waals surface area contributed by atoms with Crippen molar-refractivity contribution >= 4 is 11.7 Å². The highest BCUT2D eigenvalue weighted by molar-refractivity contribution is 5.94. The van der Waals surface area contributed by atoms with Crippen LogP contribution >= 0.6 is 0 Å². The molecule has 1 aliphatic rings. The quantitative estimate of drug-likeness (QED) is 0.686. The lowest BCUT2D eigenvalue weighted by molar-refractivity contribution is 0.0677. The van der Waals surface area contributed by atoms with Crippen molar-refractivity contribution in [1.82, 2.24) is 4.90 Å². The monoisotopic (exact) mass is 349 g/mol. The van der Waals surface area contributed by atoms with Crippen molar-refractivity contribution in [3.8, 4) is 0 Å². The fourth-order valence-corrected chi connectivity index (χ4v) is 3.46. The molecular formula is C23H27NO2. The lowest BCUT2D eigenvalue weighted by Gasteiger charge is -2.32. The number of allylic oxidation sites excluding steroid dienone is 1. The fourth-order valence-electron chi connectivity index (χ4n) is 3.46. The molecule has 1 aliphatic heterocycles. The minimum absolute atomic E-state index is 0.153. The van der Waals surface area contributed by atoms with E-state index in [4.69, 9.17) is 4.74 Å². The van der Waals surface area contributed by atoms with Crippen LogP contribution in [0.5, 0.6) is 0 Å². The summed E-state index contributed by atoms with van der Waals surface area (Å²) in [7, 11) is 0. The van der Waals surface area contributed by atoms with Crippen LogP contribution in [0, 0.1) is 5.92 Å². The topological polar surface area (TPSA) is 29.5 Å². The Morgan fingerprint density at radius 3 is 2.15 bits per heavy atom. The summed E-state index contributed by atoms with van der Waals surface area (Å²) in [6.45, 7) is 4.42. The van der Waals surface area contributed by atoms with Gasteiger partial charge in [0.2, 0.25) is 0 Å². The molecule has 1 saturated heterocycles. The van der Waals surface area contributed by atoms with Crippen LogP contribution in [0.3, 0.4) is 0 Å². The number of benzene rings is 2. The Hall–Kier alpha value is -2.55. The Kier molecular flexibility index (Phi) is 6.48. The third-order valence-corrected chi connectivity index (χ3v) is 5.03. The number of rotatable bonds is 6. The Bertz CT molecular complexity index is 716. The van der Waals surface area contributed by atoms with Crippen molar-refractivity contribution < 1.29 is 9.53 Å². The number of likely N-dealkylation sites (tertiary alicyclic amines) is 1. The molecule has 3 nitrogen and oxygen atoms in total. The highest BCUT2D eigenvalue weighted by atomic mass is 16.5. The first-order chi connectivity index (χ1) is 12.8. The molecule has 3 heteroatoms. The van der Waals surface area contributed by atoms with Crippen LogP contribution in [-0.2, 0) is 4.74 Å². The van der Waals surface area contributed by atoms with Crippen molar-refractivity contribution in [2.24, 2.45) is 5.92 Å². The number of ether oxygens (including phenoxy) is 1. The maximum absolute atomic E-state index is 12.5. The molecule has 0 aromatic heterocycles. The second-order valence-electron chi connectivity index (χ2n) is 6.76. The zero-order chi connectivity index (χ0) is 18.2. The summed E-state index contributed by atoms with van der Waals surface area (Å²) in [5, 5.41) is 0. The van der Waals surface area contributed by atoms with Gasteiger partial charge in [0, 0.05) is 24.2 Å². The van der Waals surface area contributed by atoms with Gasteiger partial charge in [0.25, 0.3) is 5.91 Å². The molecule has 3 rings (SSSR count). The van der Waals surface area contributed by atoms with Crippen LogP contribution in [0.25, 0.3) is 5.76 Å². The van der Waals surface area contributed by atoms with E-state index in [-0.39, 0.29) is 5.91 Å². The summed E-state index contributed by atoms with van der Waals surface area (Å²) in [5.74, 6) is 1.73. The summed E-state index contributed by atoms with van der Waals surface area (Å²) in [6, 6.07) is 19.8. The molecule has 2 aromatic rings. The van der Waals surface area contributed by atoms with Crippen LogP contribution in [0.2, 0.25) is 0 Å². The van der Waals surface area contributed by atoms with Gasteiger partial charge in [-0.2, -0.15) is 0 Å². The van der Waals surface area contributed by atoms with Crippen molar-refractivity contribution in [3.63, 3.8) is 0 Å². The van der Waals surface area contributed by atoms with Gasteiger partial charge in [-0.15, -0.1) is 0 Å². The van der Waals surface area contributed by atoms with Crippen LogP contribution < -0.4 is 0 Å². The van der Waals surface area contributed by atoms with Crippen molar-refractivity contribution in [2.45, 2.75) is 26.2 Å². The molecule has 1 amide bonds. The molecule has 136 valence electrons. The molecule has 0 aliphatic carbocycles. The van der Waals surface area contributed by atoms with Gasteiger partial charge < -0.3 is 9.64 Å². The second-order valence-corrected chi connectivity index (χ2v) is 6.76. The van der Waals surface area contributed by atoms with Gasteiger partial charge >= 0.3 is 0 Å². The molecular weight excluding hydrogens is 322 g/mol. The van der Waals surface area contributed by atoms with Crippen LogP contribution in [0.15, 0.2) is 66.7 Å². The van der Waals surface area contributed by atoms with Crippen molar-refractivity contribution in [2.75, 3.05) is 19.7 Å². The number of amides is 1. The summed E-state index contributed by atoms with van der Waals surface area (Å²) >= 11 is 0. The molecule has 0 N–H and O–H groups in total. The summed E-state index contributed by atoms with van der Waals surface area (Å²) in [6.07, 6.45) is 5.17. The average molecular weight is 349 g/mol. The maximum atomic E-state index is 12.5. The van der Waals surface area contributed by atoms with E-state index in [9.17, 15) is 4.79 Å². The zero-order valence-corrected chi connectivity index (χ0v) is 15.4. The molecule has 0 radical (unpaired) electrons. The van der Waals surface area contributed by atoms with E-state index in [1.807, 2.05) is 66.4 Å². The largest absolute Gasteiger partial charge is 0.493 e. The van der Waals surface area contributed by atoms with E-state index in [0.717, 1.165) is 55.8 Å². The van der Waals surface area contributed by atoms with E-state index < -0.39 is 0 Å². The first kappa shape index (κ1) is 18.2. The molecule has 2 aromatic carbocycles. The number of carbonyl (C=O) groups excluding carboxylic acids is 1. The van der Waals surface area contributed by atoms with Crippen molar-refractivity contribution in [1.29, 1.82) is 0 Å². The predicted octanol–water partition coefficient (Wildman–Crippen LogP) is 5.01. The van der Waals surface area contributed by atoms with E-state index in [0.29, 0.717) is 5.92 Å². The lowest BCUT2D eigenvalue weighted by atomic mass is 9.93. The molecule has 26 heavy (non-hydrogen) atoms. The Labute approximate surface area is 156 Å². The SMILES string of the molecule is CC=C(OCCC1CCN(C(=O)c2ccccc2)CC1)c1ccccc1. The maximum Gasteiger partial charge on any atom is 0.253 e. The Morgan fingerprint density at radius 2 is 1.58 bits per heavy atom. The third-order valence-electron chi connectivity index (χ3n) is 5.03. The number of hydrogen-bond donors (Lipinski definition) is 0. The molecule has 0 spiro atoms. The lowest BCUT2D eigenvalue weighted by Crippen LogP contribution is -2.38. The smallest absolute Gasteiger partial charge is 0.253 e. The molecule has 0 saturated carbocycles. The van der Waals surface area contributed by atoms with Crippen LogP contribution in [0.1, 0.15) is 42.1 Å². The summed E-state index contributed by atoms with van der Waals surface area (Å²) in [5.41, 5.74) is 1.91. The predicted molar refractivity (Wildman–Crippen MR) is 106 cm³/mol. The normalized spacial score (nSPS) is 15.7. The van der Waals surface area contributed by atoms with E-state index >= 15 is 0 Å². The van der Waals surface area contributed by atoms with Gasteiger partial charge in [-0.25, -0.2) is 0 Å². The van der Waals surface area contributed by atoms with E-state index in [1.54, 1.807) is 0 Å². The molecule has 1 fully saturated rings. The van der Waals surface area contributed by atoms with Gasteiger partial charge in [0.05, 0.1) is 6.61 Å². The molecule has 0 bridgehead atoms. The van der Waals surface area contributed by atoms with Gasteiger partial charge in [0.1, 0.15) is 5.76 Å². The fraction of sp³-hybridized carbons (Fsp3) is 0.348. The van der Waals surface area contributed by atoms with E-state index in [1.165, 1.54) is 0 Å².